The maximum Gasteiger partial charge on any atom is 0.317 e. The minimum Gasteiger partial charge on any atom is -0.497 e. The predicted octanol–water partition coefficient (Wildman–Crippen LogP) is 3.10. The normalized spacial score (nSPS) is 10.2. The van der Waals surface area contributed by atoms with Crippen LogP contribution in [0.1, 0.15) is 11.1 Å². The van der Waals surface area contributed by atoms with E-state index in [9.17, 15) is 4.79 Å². The molecule has 2 rings (SSSR count). The van der Waals surface area contributed by atoms with Crippen LogP contribution in [0.3, 0.4) is 0 Å². The second-order valence-electron chi connectivity index (χ2n) is 5.88. The van der Waals surface area contributed by atoms with Gasteiger partial charge in [0, 0.05) is 20.1 Å². The van der Waals surface area contributed by atoms with Crippen molar-refractivity contribution in [2.45, 2.75) is 13.0 Å². The Balaban J connectivity index is 1.84. The molecule has 0 saturated carbocycles. The number of hydrogen-bond donors (Lipinski definition) is 1. The molecule has 0 fully saturated rings. The first-order chi connectivity index (χ1) is 12.6. The first-order valence-corrected chi connectivity index (χ1v) is 8.40. The van der Waals surface area contributed by atoms with Crippen LogP contribution < -0.4 is 19.5 Å². The predicted molar refractivity (Wildman–Crippen MR) is 101 cm³/mol. The molecule has 6 heteroatoms. The van der Waals surface area contributed by atoms with Gasteiger partial charge < -0.3 is 24.4 Å². The van der Waals surface area contributed by atoms with E-state index in [1.807, 2.05) is 42.5 Å². The smallest absolute Gasteiger partial charge is 0.317 e. The molecule has 6 nitrogen and oxygen atoms in total. The summed E-state index contributed by atoms with van der Waals surface area (Å²) in [5, 5.41) is 2.93. The second kappa shape index (κ2) is 9.56. The summed E-state index contributed by atoms with van der Waals surface area (Å²) in [6.45, 7) is 1.05. The topological polar surface area (TPSA) is 60.0 Å². The number of nitrogens with zero attached hydrogens (tertiary/aromatic N) is 1. The molecule has 0 atom stereocenters. The average Bonchev–Trinajstić information content (AvgIpc) is 2.67. The maximum absolute atomic E-state index is 12.3. The lowest BCUT2D eigenvalue weighted by molar-refractivity contribution is 0.207. The molecular weight excluding hydrogens is 332 g/mol. The minimum absolute atomic E-state index is 0.117. The third-order valence-electron chi connectivity index (χ3n) is 4.04. The maximum atomic E-state index is 12.3. The SMILES string of the molecule is COc1cccc(CN(C)C(=O)NCCc2ccc(OC)c(OC)c2)c1. The lowest BCUT2D eigenvalue weighted by atomic mass is 10.1. The molecule has 0 bridgehead atoms. The Morgan fingerprint density at radius 3 is 2.42 bits per heavy atom. The molecule has 0 heterocycles. The molecule has 0 aliphatic carbocycles. The van der Waals surface area contributed by atoms with E-state index in [1.54, 1.807) is 33.3 Å². The molecule has 0 radical (unpaired) electrons. The van der Waals surface area contributed by atoms with Crippen molar-refractivity contribution in [3.8, 4) is 17.2 Å². The quantitative estimate of drug-likeness (QED) is 0.788. The molecule has 0 aliphatic rings. The van der Waals surface area contributed by atoms with Crippen molar-refractivity contribution in [1.29, 1.82) is 0 Å². The monoisotopic (exact) mass is 358 g/mol. The Bertz CT molecular complexity index is 734. The Morgan fingerprint density at radius 2 is 1.73 bits per heavy atom. The van der Waals surface area contributed by atoms with Crippen molar-refractivity contribution >= 4 is 6.03 Å². The van der Waals surface area contributed by atoms with Gasteiger partial charge in [-0.05, 0) is 41.8 Å². The van der Waals surface area contributed by atoms with E-state index >= 15 is 0 Å². The molecule has 2 amide bonds. The number of amides is 2. The average molecular weight is 358 g/mol. The van der Waals surface area contributed by atoms with Gasteiger partial charge in [-0.2, -0.15) is 0 Å². The fourth-order valence-electron chi connectivity index (χ4n) is 2.60. The minimum atomic E-state index is -0.117. The Hall–Kier alpha value is -2.89. The summed E-state index contributed by atoms with van der Waals surface area (Å²) >= 11 is 0. The van der Waals surface area contributed by atoms with Gasteiger partial charge in [0.2, 0.25) is 0 Å². The molecule has 0 aromatic heterocycles. The number of hydrogen-bond acceptors (Lipinski definition) is 4. The van der Waals surface area contributed by atoms with Crippen LogP contribution in [-0.4, -0.2) is 45.9 Å². The van der Waals surface area contributed by atoms with Crippen LogP contribution in [0.2, 0.25) is 0 Å². The number of methoxy groups -OCH3 is 3. The Kier molecular flexibility index (Phi) is 7.14. The van der Waals surface area contributed by atoms with Gasteiger partial charge in [0.15, 0.2) is 11.5 Å². The van der Waals surface area contributed by atoms with Crippen LogP contribution in [0.15, 0.2) is 42.5 Å². The number of urea groups is 1. The van der Waals surface area contributed by atoms with Crippen molar-refractivity contribution in [2.24, 2.45) is 0 Å². The highest BCUT2D eigenvalue weighted by Gasteiger charge is 2.10. The zero-order chi connectivity index (χ0) is 18.9. The summed E-state index contributed by atoms with van der Waals surface area (Å²) < 4.78 is 15.7. The fraction of sp³-hybridized carbons (Fsp3) is 0.350. The van der Waals surface area contributed by atoms with Crippen LogP contribution >= 0.6 is 0 Å². The molecule has 0 spiro atoms. The number of carbonyl (C=O) groups excluding carboxylic acids is 1. The number of benzene rings is 2. The highest BCUT2D eigenvalue weighted by Crippen LogP contribution is 2.27. The third-order valence-corrected chi connectivity index (χ3v) is 4.04. The molecule has 140 valence electrons. The zero-order valence-electron chi connectivity index (χ0n) is 15.7. The summed E-state index contributed by atoms with van der Waals surface area (Å²) in [6, 6.07) is 13.3. The number of rotatable bonds is 8. The zero-order valence-corrected chi connectivity index (χ0v) is 15.7. The van der Waals surface area contributed by atoms with Gasteiger partial charge in [-0.3, -0.25) is 0 Å². The van der Waals surface area contributed by atoms with Gasteiger partial charge in [0.25, 0.3) is 0 Å². The van der Waals surface area contributed by atoms with Gasteiger partial charge >= 0.3 is 6.03 Å². The van der Waals surface area contributed by atoms with Crippen LogP contribution in [0.4, 0.5) is 4.79 Å². The summed E-state index contributed by atoms with van der Waals surface area (Å²) in [5.74, 6) is 2.16. The first-order valence-electron chi connectivity index (χ1n) is 8.40. The highest BCUT2D eigenvalue weighted by molar-refractivity contribution is 5.73. The van der Waals surface area contributed by atoms with Gasteiger partial charge in [-0.25, -0.2) is 4.79 Å². The highest BCUT2D eigenvalue weighted by atomic mass is 16.5. The van der Waals surface area contributed by atoms with Crippen molar-refractivity contribution in [3.05, 3.63) is 53.6 Å². The third kappa shape index (κ3) is 5.31. The van der Waals surface area contributed by atoms with E-state index in [4.69, 9.17) is 14.2 Å². The van der Waals surface area contributed by atoms with E-state index in [-0.39, 0.29) is 6.03 Å². The Morgan fingerprint density at radius 1 is 0.962 bits per heavy atom. The molecule has 1 N–H and O–H groups in total. The summed E-state index contributed by atoms with van der Waals surface area (Å²) in [7, 11) is 6.61. The second-order valence-corrected chi connectivity index (χ2v) is 5.88. The van der Waals surface area contributed by atoms with Crippen molar-refractivity contribution in [2.75, 3.05) is 34.9 Å². The fourth-order valence-corrected chi connectivity index (χ4v) is 2.60. The molecule has 0 saturated heterocycles. The van der Waals surface area contributed by atoms with Crippen molar-refractivity contribution < 1.29 is 19.0 Å². The molecule has 0 aliphatic heterocycles. The molecule has 2 aromatic carbocycles. The number of carbonyl (C=O) groups is 1. The number of ether oxygens (including phenoxy) is 3. The lowest BCUT2D eigenvalue weighted by Crippen LogP contribution is -2.37. The Labute approximate surface area is 154 Å². The van der Waals surface area contributed by atoms with E-state index in [0.717, 1.165) is 16.9 Å². The van der Waals surface area contributed by atoms with Crippen molar-refractivity contribution in [1.82, 2.24) is 10.2 Å². The largest absolute Gasteiger partial charge is 0.497 e. The van der Waals surface area contributed by atoms with Crippen LogP contribution in [0.25, 0.3) is 0 Å². The van der Waals surface area contributed by atoms with Gasteiger partial charge in [0.05, 0.1) is 21.3 Å². The summed E-state index contributed by atoms with van der Waals surface area (Å²) in [6.07, 6.45) is 0.707. The van der Waals surface area contributed by atoms with Crippen molar-refractivity contribution in [3.63, 3.8) is 0 Å². The van der Waals surface area contributed by atoms with E-state index < -0.39 is 0 Å². The summed E-state index contributed by atoms with van der Waals surface area (Å²) in [4.78, 5) is 13.9. The van der Waals surface area contributed by atoms with Gasteiger partial charge in [-0.15, -0.1) is 0 Å². The van der Waals surface area contributed by atoms with Crippen LogP contribution in [0.5, 0.6) is 17.2 Å². The molecular formula is C20H26N2O4. The van der Waals surface area contributed by atoms with E-state index in [1.165, 1.54) is 0 Å². The first kappa shape index (κ1) is 19.4. The summed E-state index contributed by atoms with van der Waals surface area (Å²) in [5.41, 5.74) is 2.08. The van der Waals surface area contributed by atoms with Crippen LogP contribution in [-0.2, 0) is 13.0 Å². The van der Waals surface area contributed by atoms with Crippen LogP contribution in [0, 0.1) is 0 Å². The molecule has 0 unspecified atom stereocenters. The molecule has 2 aromatic rings. The standard InChI is InChI=1S/C20H26N2O4/c1-22(14-16-6-5-7-17(12-16)24-2)20(23)21-11-10-15-8-9-18(25-3)19(13-15)26-4/h5-9,12-13H,10-11,14H2,1-4H3,(H,21,23). The van der Waals surface area contributed by atoms with Gasteiger partial charge in [-0.1, -0.05) is 18.2 Å². The van der Waals surface area contributed by atoms with E-state index in [0.29, 0.717) is 31.0 Å². The molecule has 26 heavy (non-hydrogen) atoms. The lowest BCUT2D eigenvalue weighted by Gasteiger charge is -2.18. The van der Waals surface area contributed by atoms with E-state index in [2.05, 4.69) is 5.32 Å². The van der Waals surface area contributed by atoms with Gasteiger partial charge in [0.1, 0.15) is 5.75 Å². The number of nitrogens with one attached hydrogen (secondary N) is 1.